The Morgan fingerprint density at radius 3 is 1.75 bits per heavy atom. The quantitative estimate of drug-likeness (QED) is 0.538. The van der Waals surface area contributed by atoms with Crippen LogP contribution in [0.15, 0.2) is 0 Å². The molecule has 0 amide bonds. The predicted molar refractivity (Wildman–Crippen MR) is 72.6 cm³/mol. The minimum absolute atomic E-state index is 0.876. The summed E-state index contributed by atoms with van der Waals surface area (Å²) in [6.07, 6.45) is 18.9. The Labute approximate surface area is 102 Å². The standard InChI is InChI=1S/C15H31N/c16-14-10-6-4-2-1-3-5-7-11-15-12-8-9-13-15/h15H,1-14,16H2. The average Bonchev–Trinajstić information content (AvgIpc) is 2.80. The van der Waals surface area contributed by atoms with E-state index >= 15 is 0 Å². The molecule has 96 valence electrons. The van der Waals surface area contributed by atoms with Gasteiger partial charge < -0.3 is 5.73 Å². The molecule has 1 aliphatic rings. The Morgan fingerprint density at radius 1 is 0.688 bits per heavy atom. The van der Waals surface area contributed by atoms with Crippen LogP contribution < -0.4 is 5.73 Å². The lowest BCUT2D eigenvalue weighted by molar-refractivity contribution is 0.460. The molecule has 1 fully saturated rings. The molecule has 0 aliphatic heterocycles. The van der Waals surface area contributed by atoms with Gasteiger partial charge in [-0.25, -0.2) is 0 Å². The van der Waals surface area contributed by atoms with Gasteiger partial charge in [0.25, 0.3) is 0 Å². The first-order valence-corrected chi connectivity index (χ1v) is 7.63. The van der Waals surface area contributed by atoms with Crippen molar-refractivity contribution in [3.63, 3.8) is 0 Å². The van der Waals surface area contributed by atoms with Crippen molar-refractivity contribution in [3.8, 4) is 0 Å². The van der Waals surface area contributed by atoms with Crippen LogP contribution in [0.3, 0.4) is 0 Å². The van der Waals surface area contributed by atoms with Gasteiger partial charge in [-0.1, -0.05) is 77.0 Å². The monoisotopic (exact) mass is 225 g/mol. The summed E-state index contributed by atoms with van der Waals surface area (Å²) in [6, 6.07) is 0. The third-order valence-corrected chi connectivity index (χ3v) is 4.04. The fraction of sp³-hybridized carbons (Fsp3) is 1.00. The minimum Gasteiger partial charge on any atom is -0.330 e. The smallest absolute Gasteiger partial charge is 0.00773 e. The second-order valence-electron chi connectivity index (χ2n) is 5.56. The third-order valence-electron chi connectivity index (χ3n) is 4.04. The molecule has 2 N–H and O–H groups in total. The summed E-state index contributed by atoms with van der Waals surface area (Å²) in [7, 11) is 0. The average molecular weight is 225 g/mol. The van der Waals surface area contributed by atoms with Crippen LogP contribution >= 0.6 is 0 Å². The normalized spacial score (nSPS) is 17.1. The first-order chi connectivity index (χ1) is 7.93. The topological polar surface area (TPSA) is 26.0 Å². The maximum Gasteiger partial charge on any atom is -0.00773 e. The second-order valence-corrected chi connectivity index (χ2v) is 5.56. The van der Waals surface area contributed by atoms with Crippen LogP contribution in [-0.4, -0.2) is 6.54 Å². The first-order valence-electron chi connectivity index (χ1n) is 7.63. The molecule has 0 aromatic carbocycles. The molecule has 0 bridgehead atoms. The van der Waals surface area contributed by atoms with Crippen LogP contribution in [0.4, 0.5) is 0 Å². The summed E-state index contributed by atoms with van der Waals surface area (Å²) in [6.45, 7) is 0.876. The minimum atomic E-state index is 0.876. The maximum atomic E-state index is 5.47. The summed E-state index contributed by atoms with van der Waals surface area (Å²) >= 11 is 0. The molecule has 0 aromatic heterocycles. The Hall–Kier alpha value is -0.0400. The van der Waals surface area contributed by atoms with Crippen molar-refractivity contribution in [2.75, 3.05) is 6.54 Å². The van der Waals surface area contributed by atoms with Gasteiger partial charge in [-0.05, 0) is 18.9 Å². The van der Waals surface area contributed by atoms with E-state index < -0.39 is 0 Å². The SMILES string of the molecule is NCCCCCCCCCCC1CCCC1. The molecule has 1 heteroatoms. The lowest BCUT2D eigenvalue weighted by Gasteiger charge is -2.07. The molecule has 0 saturated heterocycles. The van der Waals surface area contributed by atoms with E-state index in [1.54, 1.807) is 0 Å². The van der Waals surface area contributed by atoms with E-state index in [4.69, 9.17) is 5.73 Å². The number of nitrogens with two attached hydrogens (primary N) is 1. The first kappa shape index (κ1) is 14.0. The largest absolute Gasteiger partial charge is 0.330 e. The van der Waals surface area contributed by atoms with Gasteiger partial charge in [0, 0.05) is 0 Å². The Kier molecular flexibility index (Phi) is 8.88. The molecular formula is C15H31N. The fourth-order valence-corrected chi connectivity index (χ4v) is 2.94. The van der Waals surface area contributed by atoms with Crippen LogP contribution in [0.5, 0.6) is 0 Å². The van der Waals surface area contributed by atoms with E-state index in [1.165, 1.54) is 83.5 Å². The van der Waals surface area contributed by atoms with Crippen LogP contribution in [-0.2, 0) is 0 Å². The number of hydrogen-bond donors (Lipinski definition) is 1. The van der Waals surface area contributed by atoms with Gasteiger partial charge in [0.05, 0.1) is 0 Å². The highest BCUT2D eigenvalue weighted by atomic mass is 14.5. The molecular weight excluding hydrogens is 194 g/mol. The summed E-state index contributed by atoms with van der Waals surface area (Å²) in [5.74, 6) is 1.10. The van der Waals surface area contributed by atoms with Gasteiger partial charge in [-0.2, -0.15) is 0 Å². The Bertz CT molecular complexity index is 138. The van der Waals surface area contributed by atoms with E-state index in [-0.39, 0.29) is 0 Å². The zero-order valence-electron chi connectivity index (χ0n) is 11.1. The number of unbranched alkanes of at least 4 members (excludes halogenated alkanes) is 7. The van der Waals surface area contributed by atoms with E-state index in [0.717, 1.165) is 12.5 Å². The Morgan fingerprint density at radius 2 is 1.19 bits per heavy atom. The van der Waals surface area contributed by atoms with E-state index in [9.17, 15) is 0 Å². The van der Waals surface area contributed by atoms with Crippen molar-refractivity contribution in [2.24, 2.45) is 11.7 Å². The molecule has 1 rings (SSSR count). The van der Waals surface area contributed by atoms with Gasteiger partial charge in [-0.3, -0.25) is 0 Å². The van der Waals surface area contributed by atoms with Crippen LogP contribution in [0.1, 0.15) is 83.5 Å². The fourth-order valence-electron chi connectivity index (χ4n) is 2.94. The van der Waals surface area contributed by atoms with Gasteiger partial charge in [0.1, 0.15) is 0 Å². The molecule has 0 spiro atoms. The molecule has 0 atom stereocenters. The maximum absolute atomic E-state index is 5.47. The molecule has 1 aliphatic carbocycles. The highest BCUT2D eigenvalue weighted by molar-refractivity contribution is 4.66. The zero-order valence-corrected chi connectivity index (χ0v) is 11.1. The molecule has 0 radical (unpaired) electrons. The summed E-state index contributed by atoms with van der Waals surface area (Å²) in [5, 5.41) is 0. The van der Waals surface area contributed by atoms with Crippen LogP contribution in [0.2, 0.25) is 0 Å². The van der Waals surface area contributed by atoms with Crippen LogP contribution in [0.25, 0.3) is 0 Å². The molecule has 1 nitrogen and oxygen atoms in total. The molecule has 16 heavy (non-hydrogen) atoms. The summed E-state index contributed by atoms with van der Waals surface area (Å²) in [4.78, 5) is 0. The van der Waals surface area contributed by atoms with Crippen molar-refractivity contribution >= 4 is 0 Å². The molecule has 0 heterocycles. The molecule has 0 aromatic rings. The molecule has 1 saturated carbocycles. The highest BCUT2D eigenvalue weighted by Gasteiger charge is 2.13. The van der Waals surface area contributed by atoms with E-state index in [2.05, 4.69) is 0 Å². The van der Waals surface area contributed by atoms with E-state index in [0.29, 0.717) is 0 Å². The third kappa shape index (κ3) is 7.27. The van der Waals surface area contributed by atoms with Gasteiger partial charge in [-0.15, -0.1) is 0 Å². The Balaban J connectivity index is 1.71. The predicted octanol–water partition coefficient (Wildman–Crippen LogP) is 4.65. The van der Waals surface area contributed by atoms with Crippen molar-refractivity contribution in [1.82, 2.24) is 0 Å². The zero-order chi connectivity index (χ0) is 11.5. The summed E-state index contributed by atoms with van der Waals surface area (Å²) in [5.41, 5.74) is 5.47. The van der Waals surface area contributed by atoms with Crippen molar-refractivity contribution in [3.05, 3.63) is 0 Å². The lowest BCUT2D eigenvalue weighted by Crippen LogP contribution is -1.97. The van der Waals surface area contributed by atoms with Crippen LogP contribution in [0, 0.1) is 5.92 Å². The van der Waals surface area contributed by atoms with Gasteiger partial charge in [0.15, 0.2) is 0 Å². The van der Waals surface area contributed by atoms with E-state index in [1.807, 2.05) is 0 Å². The number of hydrogen-bond acceptors (Lipinski definition) is 1. The number of rotatable bonds is 10. The van der Waals surface area contributed by atoms with Crippen molar-refractivity contribution in [2.45, 2.75) is 83.5 Å². The lowest BCUT2D eigenvalue weighted by atomic mass is 9.99. The molecule has 0 unspecified atom stereocenters. The van der Waals surface area contributed by atoms with Gasteiger partial charge in [0.2, 0.25) is 0 Å². The van der Waals surface area contributed by atoms with Crippen molar-refractivity contribution < 1.29 is 0 Å². The second kappa shape index (κ2) is 10.1. The van der Waals surface area contributed by atoms with Crippen molar-refractivity contribution in [1.29, 1.82) is 0 Å². The summed E-state index contributed by atoms with van der Waals surface area (Å²) < 4.78 is 0. The highest BCUT2D eigenvalue weighted by Crippen LogP contribution is 2.29. The van der Waals surface area contributed by atoms with Gasteiger partial charge >= 0.3 is 0 Å².